The van der Waals surface area contributed by atoms with Gasteiger partial charge in [-0.25, -0.2) is 4.57 Å². The first kappa shape index (κ1) is 53.5. The van der Waals surface area contributed by atoms with E-state index in [-0.39, 0.29) is 25.7 Å². The summed E-state index contributed by atoms with van der Waals surface area (Å²) in [6.07, 6.45) is -9.27. The van der Waals surface area contributed by atoms with E-state index in [1.54, 1.807) is 71.8 Å². The molecule has 16 atom stereocenters. The average Bonchev–Trinajstić information content (AvgIpc) is 3.15. The Morgan fingerprint density at radius 1 is 0.935 bits per heavy atom. The zero-order chi connectivity index (χ0) is 46.7. The molecule has 356 valence electrons. The molecular weight excluding hydrogens is 841 g/mol. The molecule has 2 fully saturated rings. The summed E-state index contributed by atoms with van der Waals surface area (Å²) in [4.78, 5) is 73.3. The number of carbonyl (C=O) groups is 4. The van der Waals surface area contributed by atoms with Crippen molar-refractivity contribution in [2.75, 3.05) is 21.2 Å². The van der Waals surface area contributed by atoms with Crippen LogP contribution in [0.2, 0.25) is 0 Å². The van der Waals surface area contributed by atoms with Crippen molar-refractivity contribution in [1.29, 1.82) is 0 Å². The van der Waals surface area contributed by atoms with E-state index in [0.717, 1.165) is 0 Å². The van der Waals surface area contributed by atoms with E-state index in [1.165, 1.54) is 27.0 Å². The largest absolute Gasteiger partial charge is 0.481 e. The van der Waals surface area contributed by atoms with Gasteiger partial charge >= 0.3 is 31.7 Å². The zero-order valence-corrected chi connectivity index (χ0v) is 38.2. The summed E-state index contributed by atoms with van der Waals surface area (Å²) in [6.45, 7) is 11.1. The fourth-order valence-electron chi connectivity index (χ4n) is 8.13. The van der Waals surface area contributed by atoms with Crippen molar-refractivity contribution in [2.45, 2.75) is 179 Å². The lowest BCUT2D eigenvalue weighted by atomic mass is 9.82. The van der Waals surface area contributed by atoms with Gasteiger partial charge in [-0.1, -0.05) is 45.1 Å². The molecule has 3 heterocycles. The van der Waals surface area contributed by atoms with Crippen LogP contribution >= 0.6 is 7.82 Å². The van der Waals surface area contributed by atoms with Crippen molar-refractivity contribution >= 4 is 31.7 Å². The van der Waals surface area contributed by atoms with Crippen LogP contribution in [0.4, 0.5) is 0 Å². The number of hydrogen-bond donors (Lipinski definition) is 5. The van der Waals surface area contributed by atoms with Crippen molar-refractivity contribution in [2.24, 2.45) is 11.8 Å². The SMILES string of the molecule is CCC(=O)OC1CC(=O)O[C@H](C)C/C=C/C=C/[C@H](O)[C@H](C)CC(CC(=O)O)[C@H](O[C@@H]2O[C@H](C)[C@@H](O[C@H]3C[C@@](C)(O)[C@@H](OC(=O)CC)[C@H](C)O3)[C@H](N(C)C)[C@H]2OP(=O)(O)O)[C@H]1OC. The third kappa shape index (κ3) is 15.7. The topological polar surface area (TPSA) is 273 Å². The minimum atomic E-state index is -5.39. The maximum atomic E-state index is 13.4. The molecule has 20 nitrogen and oxygen atoms in total. The Morgan fingerprint density at radius 3 is 2.15 bits per heavy atom. The second-order valence-corrected chi connectivity index (χ2v) is 17.9. The minimum absolute atomic E-state index is 0.0528. The summed E-state index contributed by atoms with van der Waals surface area (Å²) in [5.74, 6) is -5.06. The van der Waals surface area contributed by atoms with Gasteiger partial charge in [0.2, 0.25) is 0 Å². The highest BCUT2D eigenvalue weighted by molar-refractivity contribution is 7.46. The van der Waals surface area contributed by atoms with Gasteiger partial charge in [-0.05, 0) is 60.0 Å². The Hall–Kier alpha value is -2.85. The second-order valence-electron chi connectivity index (χ2n) is 16.7. The fraction of sp³-hybridized carbons (Fsp3) is 0.805. The van der Waals surface area contributed by atoms with E-state index >= 15 is 0 Å². The number of esters is 3. The number of cyclic esters (lactones) is 1. The summed E-state index contributed by atoms with van der Waals surface area (Å²) in [7, 11) is -0.986. The Balaban J connectivity index is 2.17. The molecule has 0 aromatic rings. The van der Waals surface area contributed by atoms with Crippen LogP contribution in [0, 0.1) is 11.8 Å². The first-order chi connectivity index (χ1) is 28.9. The van der Waals surface area contributed by atoms with Gasteiger partial charge in [-0.3, -0.25) is 23.7 Å². The molecule has 2 unspecified atom stereocenters. The Kier molecular flexibility index (Phi) is 20.6. The van der Waals surface area contributed by atoms with Gasteiger partial charge in [-0.2, -0.15) is 0 Å². The number of hydrogen-bond acceptors (Lipinski definition) is 17. The highest BCUT2D eigenvalue weighted by Crippen LogP contribution is 2.45. The quantitative estimate of drug-likeness (QED) is 0.0952. The lowest BCUT2D eigenvalue weighted by molar-refractivity contribution is -0.342. The van der Waals surface area contributed by atoms with E-state index in [1.807, 2.05) is 0 Å². The summed E-state index contributed by atoms with van der Waals surface area (Å²) in [5.41, 5.74) is -1.62. The zero-order valence-electron chi connectivity index (χ0n) is 37.3. The van der Waals surface area contributed by atoms with Gasteiger partial charge in [0.05, 0.1) is 43.3 Å². The summed E-state index contributed by atoms with van der Waals surface area (Å²) in [5, 5.41) is 32.8. The van der Waals surface area contributed by atoms with Gasteiger partial charge in [0.25, 0.3) is 0 Å². The van der Waals surface area contributed by atoms with E-state index in [4.69, 9.17) is 42.4 Å². The van der Waals surface area contributed by atoms with Gasteiger partial charge < -0.3 is 67.9 Å². The number of carboxylic acids is 1. The molecule has 0 amide bonds. The van der Waals surface area contributed by atoms with E-state index in [2.05, 4.69) is 0 Å². The number of aliphatic hydroxyl groups is 2. The summed E-state index contributed by atoms with van der Waals surface area (Å²) >= 11 is 0. The number of aliphatic carboxylic acids is 1. The monoisotopic (exact) mass is 909 g/mol. The number of allylic oxidation sites excluding steroid dienone is 2. The predicted octanol–water partition coefficient (Wildman–Crippen LogP) is 2.77. The van der Waals surface area contributed by atoms with Crippen molar-refractivity contribution in [1.82, 2.24) is 4.90 Å². The molecule has 3 aliphatic rings. The first-order valence-corrected chi connectivity index (χ1v) is 22.5. The number of methoxy groups -OCH3 is 1. The molecule has 21 heteroatoms. The number of aliphatic hydroxyl groups excluding tert-OH is 1. The van der Waals surface area contributed by atoms with Crippen LogP contribution in [0.3, 0.4) is 0 Å². The van der Waals surface area contributed by atoms with Crippen LogP contribution in [0.15, 0.2) is 24.3 Å². The molecule has 3 rings (SSSR count). The minimum Gasteiger partial charge on any atom is -0.481 e. The van der Waals surface area contributed by atoms with Crippen LogP contribution in [-0.2, 0) is 66.2 Å². The van der Waals surface area contributed by atoms with Crippen molar-refractivity contribution in [3.63, 3.8) is 0 Å². The fourth-order valence-corrected chi connectivity index (χ4v) is 8.68. The normalized spacial score (nSPS) is 39.0. The van der Waals surface area contributed by atoms with E-state index < -0.39 is 142 Å². The number of rotatable bonds is 14. The van der Waals surface area contributed by atoms with Crippen molar-refractivity contribution in [3.8, 4) is 0 Å². The molecule has 0 aliphatic carbocycles. The maximum absolute atomic E-state index is 13.4. The van der Waals surface area contributed by atoms with Crippen LogP contribution in [0.25, 0.3) is 0 Å². The average molecular weight is 910 g/mol. The third-order valence-corrected chi connectivity index (χ3v) is 11.7. The number of carbonyl (C=O) groups excluding carboxylic acids is 3. The molecule has 5 N–H and O–H groups in total. The number of phosphoric acid groups is 1. The lowest BCUT2D eigenvalue weighted by Crippen LogP contribution is -2.66. The van der Waals surface area contributed by atoms with Gasteiger partial charge in [0.1, 0.15) is 36.1 Å². The smallest absolute Gasteiger partial charge is 0.470 e. The van der Waals surface area contributed by atoms with Gasteiger partial charge in [0.15, 0.2) is 18.7 Å². The van der Waals surface area contributed by atoms with E-state index in [0.29, 0.717) is 6.42 Å². The number of likely N-dealkylation sites (N-methyl/N-ethyl adjacent to an activating group) is 1. The van der Waals surface area contributed by atoms with E-state index in [9.17, 15) is 48.8 Å². The molecular formula is C41H68NO19P. The number of nitrogens with zero attached hydrogens (tertiary/aromatic N) is 1. The number of ether oxygens (including phenoxy) is 8. The van der Waals surface area contributed by atoms with Crippen LogP contribution in [0.1, 0.15) is 93.4 Å². The summed E-state index contributed by atoms with van der Waals surface area (Å²) in [6, 6.07) is -1.12. The second kappa shape index (κ2) is 23.9. The molecule has 62 heavy (non-hydrogen) atoms. The molecule has 0 spiro atoms. The standard InChI is InChI=1S/C41H68NO19P/c1-11-30(46)57-28-20-32(48)54-23(4)16-14-13-15-17-27(43)22(3)18-26(19-29(44)45)36(37(28)53-10)60-40-38(61-62(50,51)52)34(42(8)9)35(24(5)56-40)59-33-21-41(7,49)39(25(6)55-33)58-31(47)12-2/h13-15,17,22-28,33-40,43,49H,11-12,16,18-21H2,1-10H3,(H,44,45)(H2,50,51,52)/b14-13+,17-15+/t22-,23-,24-,25+,26?,27+,28?,33+,34+,35-,36+,37+,38-,39+,40+,41-/m1/s1. The van der Waals surface area contributed by atoms with Crippen LogP contribution in [0.5, 0.6) is 0 Å². The molecule has 0 radical (unpaired) electrons. The number of phosphoric ester groups is 1. The molecule has 3 aliphatic heterocycles. The Bertz CT molecular complexity index is 1580. The molecule has 0 aromatic carbocycles. The molecule has 0 saturated carbocycles. The highest BCUT2D eigenvalue weighted by Gasteiger charge is 2.55. The third-order valence-electron chi connectivity index (χ3n) is 11.2. The van der Waals surface area contributed by atoms with Gasteiger partial charge in [-0.15, -0.1) is 0 Å². The van der Waals surface area contributed by atoms with Crippen molar-refractivity contribution < 1.29 is 91.3 Å². The summed E-state index contributed by atoms with van der Waals surface area (Å²) < 4.78 is 66.5. The predicted molar refractivity (Wildman–Crippen MR) is 218 cm³/mol. The Labute approximate surface area is 363 Å². The lowest BCUT2D eigenvalue weighted by Gasteiger charge is -2.51. The molecule has 0 aromatic heterocycles. The van der Waals surface area contributed by atoms with Crippen molar-refractivity contribution in [3.05, 3.63) is 24.3 Å². The number of carboxylic acid groups (broad SMARTS) is 1. The van der Waals surface area contributed by atoms with Crippen LogP contribution in [-0.4, -0.2) is 160 Å². The highest BCUT2D eigenvalue weighted by atomic mass is 31.2. The first-order valence-electron chi connectivity index (χ1n) is 21.0. The maximum Gasteiger partial charge on any atom is 0.470 e. The Morgan fingerprint density at radius 2 is 1.58 bits per heavy atom. The van der Waals surface area contributed by atoms with Crippen LogP contribution < -0.4 is 0 Å². The molecule has 2 saturated heterocycles. The molecule has 0 bridgehead atoms. The van der Waals surface area contributed by atoms with Gasteiger partial charge in [0, 0.05) is 32.8 Å².